The highest BCUT2D eigenvalue weighted by atomic mass is 32.2. The van der Waals surface area contributed by atoms with Crippen molar-refractivity contribution >= 4 is 29.5 Å². The van der Waals surface area contributed by atoms with Gasteiger partial charge >= 0.3 is 11.7 Å². The predicted molar refractivity (Wildman–Crippen MR) is 95.9 cm³/mol. The van der Waals surface area contributed by atoms with Gasteiger partial charge in [0.15, 0.2) is 11.6 Å². The van der Waals surface area contributed by atoms with Gasteiger partial charge in [0, 0.05) is 18.7 Å². The smallest absolute Gasteiger partial charge is 0.350 e. The number of halogens is 1. The average molecular weight is 393 g/mol. The second-order valence-corrected chi connectivity index (χ2v) is 6.95. The van der Waals surface area contributed by atoms with Crippen molar-refractivity contribution in [3.05, 3.63) is 58.4 Å². The van der Waals surface area contributed by atoms with Gasteiger partial charge in [-0.3, -0.25) is 14.2 Å². The first kappa shape index (κ1) is 19.1. The molecule has 2 heterocycles. The largest absolute Gasteiger partial charge is 0.462 e. The molecule has 27 heavy (non-hydrogen) atoms. The number of esters is 1. The van der Waals surface area contributed by atoms with Crippen LogP contribution in [-0.4, -0.2) is 40.1 Å². The summed E-state index contributed by atoms with van der Waals surface area (Å²) in [5.41, 5.74) is -0.865. The Morgan fingerprint density at radius 1 is 1.41 bits per heavy atom. The molecule has 142 valence electrons. The number of benzene rings is 1. The lowest BCUT2D eigenvalue weighted by Crippen LogP contribution is -2.28. The summed E-state index contributed by atoms with van der Waals surface area (Å²) in [6, 6.07) is 8.20. The molecule has 0 bridgehead atoms. The molecule has 0 spiro atoms. The maximum absolute atomic E-state index is 14.4. The summed E-state index contributed by atoms with van der Waals surface area (Å²) in [5.74, 6) is -2.29. The third kappa shape index (κ3) is 4.72. The number of rotatable bonds is 5. The van der Waals surface area contributed by atoms with Crippen LogP contribution in [0.3, 0.4) is 0 Å². The van der Waals surface area contributed by atoms with E-state index < -0.39 is 40.0 Å². The van der Waals surface area contributed by atoms with E-state index in [4.69, 9.17) is 9.47 Å². The van der Waals surface area contributed by atoms with Crippen molar-refractivity contribution in [2.24, 2.45) is 0 Å². The number of carbonyl (C=O) groups is 2. The Morgan fingerprint density at radius 2 is 2.15 bits per heavy atom. The minimum Gasteiger partial charge on any atom is -0.462 e. The van der Waals surface area contributed by atoms with Gasteiger partial charge in [0.05, 0.1) is 6.61 Å². The van der Waals surface area contributed by atoms with Crippen LogP contribution in [0.4, 0.5) is 10.2 Å². The SMILES string of the molecule is CC(=O)OC[C@@H]1OC[C@H](n2cc(F)c(NC(=O)c3ccccc3)nc2=O)S1. The Kier molecular flexibility index (Phi) is 5.87. The summed E-state index contributed by atoms with van der Waals surface area (Å²) in [5, 5.41) is 1.78. The van der Waals surface area contributed by atoms with Crippen molar-refractivity contribution in [2.75, 3.05) is 18.5 Å². The van der Waals surface area contributed by atoms with Crippen LogP contribution in [0.2, 0.25) is 0 Å². The molecule has 2 atom stereocenters. The van der Waals surface area contributed by atoms with Gasteiger partial charge in [-0.1, -0.05) is 30.0 Å². The summed E-state index contributed by atoms with van der Waals surface area (Å²) in [7, 11) is 0. The molecule has 0 aliphatic carbocycles. The number of aromatic nitrogens is 2. The highest BCUT2D eigenvalue weighted by Crippen LogP contribution is 2.35. The molecule has 1 fully saturated rings. The number of carbonyl (C=O) groups excluding carboxylic acids is 2. The molecule has 3 rings (SSSR count). The van der Waals surface area contributed by atoms with Gasteiger partial charge in [-0.2, -0.15) is 4.98 Å². The second-order valence-electron chi connectivity index (χ2n) is 5.60. The maximum atomic E-state index is 14.4. The molecular weight excluding hydrogens is 377 g/mol. The molecule has 10 heteroatoms. The van der Waals surface area contributed by atoms with Crippen molar-refractivity contribution in [1.82, 2.24) is 9.55 Å². The Bertz CT molecular complexity index is 905. The summed E-state index contributed by atoms with van der Waals surface area (Å²) in [4.78, 5) is 38.8. The lowest BCUT2D eigenvalue weighted by Gasteiger charge is -2.13. The van der Waals surface area contributed by atoms with Crippen molar-refractivity contribution in [1.29, 1.82) is 0 Å². The van der Waals surface area contributed by atoms with Gasteiger partial charge in [-0.05, 0) is 12.1 Å². The summed E-state index contributed by atoms with van der Waals surface area (Å²) >= 11 is 1.21. The summed E-state index contributed by atoms with van der Waals surface area (Å²) in [6.45, 7) is 1.45. The molecule has 1 saturated heterocycles. The minimum absolute atomic E-state index is 0.0341. The van der Waals surface area contributed by atoms with Crippen molar-refractivity contribution in [3.8, 4) is 0 Å². The fourth-order valence-corrected chi connectivity index (χ4v) is 3.46. The Morgan fingerprint density at radius 3 is 2.85 bits per heavy atom. The van der Waals surface area contributed by atoms with Crippen LogP contribution < -0.4 is 11.0 Å². The highest BCUT2D eigenvalue weighted by Gasteiger charge is 2.30. The number of hydrogen-bond acceptors (Lipinski definition) is 7. The van der Waals surface area contributed by atoms with Crippen LogP contribution >= 0.6 is 11.8 Å². The normalized spacial score (nSPS) is 18.9. The number of amides is 1. The van der Waals surface area contributed by atoms with Gasteiger partial charge in [-0.25, -0.2) is 9.18 Å². The Balaban J connectivity index is 1.71. The molecule has 0 saturated carbocycles. The van der Waals surface area contributed by atoms with E-state index in [9.17, 15) is 18.8 Å². The van der Waals surface area contributed by atoms with E-state index in [1.165, 1.54) is 18.7 Å². The monoisotopic (exact) mass is 393 g/mol. The number of nitrogens with zero attached hydrogens (tertiary/aromatic N) is 2. The number of ether oxygens (including phenoxy) is 2. The zero-order valence-electron chi connectivity index (χ0n) is 14.3. The van der Waals surface area contributed by atoms with Gasteiger partial charge in [0.25, 0.3) is 5.91 Å². The fraction of sp³-hybridized carbons (Fsp3) is 0.294. The molecule has 1 amide bonds. The molecule has 2 aromatic rings. The van der Waals surface area contributed by atoms with E-state index in [1.54, 1.807) is 30.3 Å². The number of nitrogens with one attached hydrogen (secondary N) is 1. The zero-order valence-corrected chi connectivity index (χ0v) is 15.1. The fourth-order valence-electron chi connectivity index (χ4n) is 2.37. The number of hydrogen-bond donors (Lipinski definition) is 1. The predicted octanol–water partition coefficient (Wildman–Crippen LogP) is 1.79. The van der Waals surface area contributed by atoms with Gasteiger partial charge in [0.2, 0.25) is 0 Å². The van der Waals surface area contributed by atoms with Crippen LogP contribution in [-0.2, 0) is 14.3 Å². The van der Waals surface area contributed by atoms with Crippen molar-refractivity contribution in [2.45, 2.75) is 17.7 Å². The minimum atomic E-state index is -0.845. The topological polar surface area (TPSA) is 99.5 Å². The average Bonchev–Trinajstić information content (AvgIpc) is 3.12. The van der Waals surface area contributed by atoms with Crippen LogP contribution in [0, 0.1) is 5.82 Å². The van der Waals surface area contributed by atoms with E-state index in [1.807, 2.05) is 0 Å². The van der Waals surface area contributed by atoms with Crippen LogP contribution in [0.25, 0.3) is 0 Å². The summed E-state index contributed by atoms with van der Waals surface area (Å²) in [6.07, 6.45) is 0.977. The molecule has 1 aromatic heterocycles. The van der Waals surface area contributed by atoms with E-state index in [-0.39, 0.29) is 13.2 Å². The second kappa shape index (κ2) is 8.31. The molecule has 0 radical (unpaired) electrons. The molecule has 1 aliphatic heterocycles. The first-order chi connectivity index (χ1) is 12.9. The van der Waals surface area contributed by atoms with Crippen molar-refractivity contribution < 1.29 is 23.5 Å². The molecule has 1 aromatic carbocycles. The first-order valence-electron chi connectivity index (χ1n) is 7.99. The number of thioether (sulfide) groups is 1. The maximum Gasteiger partial charge on any atom is 0.350 e. The van der Waals surface area contributed by atoms with Crippen LogP contribution in [0.1, 0.15) is 22.7 Å². The molecule has 0 unspecified atom stereocenters. The van der Waals surface area contributed by atoms with Crippen LogP contribution in [0.5, 0.6) is 0 Å². The van der Waals surface area contributed by atoms with E-state index in [2.05, 4.69) is 10.3 Å². The third-order valence-electron chi connectivity index (χ3n) is 3.64. The number of anilines is 1. The highest BCUT2D eigenvalue weighted by molar-refractivity contribution is 8.00. The van der Waals surface area contributed by atoms with Gasteiger partial charge in [0.1, 0.15) is 17.4 Å². The Labute approximate surface area is 157 Å². The third-order valence-corrected chi connectivity index (χ3v) is 4.89. The van der Waals surface area contributed by atoms with E-state index in [0.717, 1.165) is 10.8 Å². The van der Waals surface area contributed by atoms with E-state index in [0.29, 0.717) is 5.56 Å². The van der Waals surface area contributed by atoms with Crippen LogP contribution in [0.15, 0.2) is 41.3 Å². The van der Waals surface area contributed by atoms with E-state index >= 15 is 0 Å². The quantitative estimate of drug-likeness (QED) is 0.773. The standard InChI is InChI=1S/C17H16FN3O5S/c1-10(22)25-9-14-26-8-13(27-14)21-7-12(18)15(20-17(21)24)19-16(23)11-5-3-2-4-6-11/h2-7,13-14H,8-9H2,1H3,(H,19,20,23,24)/t13-,14-/m1/s1. The Hall–Kier alpha value is -2.72. The molecule has 1 aliphatic rings. The first-order valence-corrected chi connectivity index (χ1v) is 8.94. The lowest BCUT2D eigenvalue weighted by atomic mass is 10.2. The van der Waals surface area contributed by atoms with Crippen molar-refractivity contribution in [3.63, 3.8) is 0 Å². The molecule has 8 nitrogen and oxygen atoms in total. The van der Waals surface area contributed by atoms with Gasteiger partial charge in [-0.15, -0.1) is 0 Å². The zero-order chi connectivity index (χ0) is 19.4. The molecular formula is C17H16FN3O5S. The van der Waals surface area contributed by atoms with Gasteiger partial charge < -0.3 is 14.8 Å². The summed E-state index contributed by atoms with van der Waals surface area (Å²) < 4.78 is 25.7. The lowest BCUT2D eigenvalue weighted by molar-refractivity contribution is -0.142. The molecule has 1 N–H and O–H groups in total.